The maximum Gasteiger partial charge on any atom is 0.123 e. The van der Waals surface area contributed by atoms with E-state index in [0.717, 1.165) is 30.1 Å². The lowest BCUT2D eigenvalue weighted by Gasteiger charge is -2.12. The third-order valence-electron chi connectivity index (χ3n) is 2.97. The van der Waals surface area contributed by atoms with E-state index in [4.69, 9.17) is 4.74 Å². The summed E-state index contributed by atoms with van der Waals surface area (Å²) in [5.74, 6) is 0.907. The first-order valence-electron chi connectivity index (χ1n) is 6.03. The van der Waals surface area contributed by atoms with E-state index in [-0.39, 0.29) is 0 Å². The van der Waals surface area contributed by atoms with Crippen LogP contribution in [-0.4, -0.2) is 23.9 Å². The summed E-state index contributed by atoms with van der Waals surface area (Å²) in [7, 11) is 3.65. The molecule has 1 heterocycles. The van der Waals surface area contributed by atoms with Crippen molar-refractivity contribution in [1.82, 2.24) is 15.1 Å². The number of aryl methyl sites for hydroxylation is 1. The highest BCUT2D eigenvalue weighted by Gasteiger charge is 2.07. The zero-order valence-corrected chi connectivity index (χ0v) is 11.1. The van der Waals surface area contributed by atoms with Gasteiger partial charge in [0.05, 0.1) is 13.7 Å². The lowest BCUT2D eigenvalue weighted by molar-refractivity contribution is 0.407. The first-order valence-corrected chi connectivity index (χ1v) is 6.03. The van der Waals surface area contributed by atoms with Gasteiger partial charge >= 0.3 is 0 Å². The molecule has 0 aliphatic rings. The van der Waals surface area contributed by atoms with Gasteiger partial charge in [0, 0.05) is 24.0 Å². The topological polar surface area (TPSA) is 39.1 Å². The van der Waals surface area contributed by atoms with E-state index < -0.39 is 0 Å². The summed E-state index contributed by atoms with van der Waals surface area (Å²) in [6.07, 6.45) is 1.82. The molecule has 0 saturated heterocycles. The molecule has 18 heavy (non-hydrogen) atoms. The minimum Gasteiger partial charge on any atom is -0.496 e. The largest absolute Gasteiger partial charge is 0.496 e. The summed E-state index contributed by atoms with van der Waals surface area (Å²) in [6, 6.07) is 8.26. The molecule has 1 aromatic heterocycles. The van der Waals surface area contributed by atoms with Crippen LogP contribution in [0.3, 0.4) is 0 Å². The van der Waals surface area contributed by atoms with Gasteiger partial charge in [-0.3, -0.25) is 4.68 Å². The number of ether oxygens (including phenoxy) is 1. The van der Waals surface area contributed by atoms with Crippen LogP contribution in [0.25, 0.3) is 0 Å². The summed E-state index contributed by atoms with van der Waals surface area (Å²) in [5, 5.41) is 7.46. The number of methoxy groups -OCH3 is 1. The van der Waals surface area contributed by atoms with Gasteiger partial charge in [0.2, 0.25) is 0 Å². The van der Waals surface area contributed by atoms with Crippen LogP contribution < -0.4 is 10.1 Å². The number of hydrogen-bond donors (Lipinski definition) is 1. The second kappa shape index (κ2) is 5.69. The van der Waals surface area contributed by atoms with Crippen LogP contribution >= 0.6 is 0 Å². The Hall–Kier alpha value is -1.81. The third-order valence-corrected chi connectivity index (χ3v) is 2.97. The highest BCUT2D eigenvalue weighted by atomic mass is 16.5. The number of nitrogens with one attached hydrogen (secondary N) is 1. The number of nitrogens with zero attached hydrogens (tertiary/aromatic N) is 2. The zero-order valence-electron chi connectivity index (χ0n) is 11.1. The van der Waals surface area contributed by atoms with Gasteiger partial charge in [0.1, 0.15) is 5.75 Å². The fourth-order valence-corrected chi connectivity index (χ4v) is 2.00. The molecule has 96 valence electrons. The van der Waals surface area contributed by atoms with Gasteiger partial charge in [-0.15, -0.1) is 0 Å². The van der Waals surface area contributed by atoms with Gasteiger partial charge in [-0.25, -0.2) is 0 Å². The Morgan fingerprint density at radius 3 is 2.78 bits per heavy atom. The number of rotatable bonds is 5. The summed E-state index contributed by atoms with van der Waals surface area (Å²) in [6.45, 7) is 3.64. The van der Waals surface area contributed by atoms with Crippen LogP contribution in [0, 0.1) is 6.92 Å². The van der Waals surface area contributed by atoms with Crippen molar-refractivity contribution >= 4 is 0 Å². The summed E-state index contributed by atoms with van der Waals surface area (Å²) >= 11 is 0. The monoisotopic (exact) mass is 245 g/mol. The second-order valence-electron chi connectivity index (χ2n) is 4.31. The third kappa shape index (κ3) is 2.71. The van der Waals surface area contributed by atoms with Crippen molar-refractivity contribution in [2.45, 2.75) is 20.0 Å². The zero-order chi connectivity index (χ0) is 13.0. The molecule has 4 heteroatoms. The average molecular weight is 245 g/mol. The highest BCUT2D eigenvalue weighted by Crippen LogP contribution is 2.21. The summed E-state index contributed by atoms with van der Waals surface area (Å²) in [4.78, 5) is 0. The Kier molecular flexibility index (Phi) is 3.99. The predicted octanol–water partition coefficient (Wildman–Crippen LogP) is 1.97. The average Bonchev–Trinajstić information content (AvgIpc) is 2.76. The molecule has 0 aliphatic carbocycles. The van der Waals surface area contributed by atoms with Crippen LogP contribution in [0.4, 0.5) is 0 Å². The highest BCUT2D eigenvalue weighted by molar-refractivity contribution is 5.37. The molecule has 1 aromatic carbocycles. The quantitative estimate of drug-likeness (QED) is 0.875. The molecular weight excluding hydrogens is 226 g/mol. The van der Waals surface area contributed by atoms with Crippen molar-refractivity contribution < 1.29 is 4.74 Å². The smallest absolute Gasteiger partial charge is 0.123 e. The second-order valence-corrected chi connectivity index (χ2v) is 4.31. The van der Waals surface area contributed by atoms with E-state index in [0.29, 0.717) is 0 Å². The van der Waals surface area contributed by atoms with Crippen LogP contribution in [0.1, 0.15) is 16.8 Å². The summed E-state index contributed by atoms with van der Waals surface area (Å²) in [5.41, 5.74) is 3.55. The maximum absolute atomic E-state index is 5.41. The Morgan fingerprint density at radius 1 is 1.33 bits per heavy atom. The minimum absolute atomic E-state index is 0.736. The van der Waals surface area contributed by atoms with Crippen LogP contribution in [0.15, 0.2) is 30.5 Å². The molecule has 4 nitrogen and oxygen atoms in total. The van der Waals surface area contributed by atoms with E-state index in [2.05, 4.69) is 29.5 Å². The van der Waals surface area contributed by atoms with Crippen LogP contribution in [-0.2, 0) is 13.1 Å². The molecule has 0 amide bonds. The SMILES string of the molecule is CNCc1ccc(OC)c(Cn2nccc2C)c1. The molecule has 0 bridgehead atoms. The lowest BCUT2D eigenvalue weighted by Crippen LogP contribution is -2.08. The van der Waals surface area contributed by atoms with Gasteiger partial charge < -0.3 is 10.1 Å². The van der Waals surface area contributed by atoms with Crippen molar-refractivity contribution in [3.63, 3.8) is 0 Å². The van der Waals surface area contributed by atoms with Crippen molar-refractivity contribution in [2.24, 2.45) is 0 Å². The van der Waals surface area contributed by atoms with Crippen LogP contribution in [0.5, 0.6) is 5.75 Å². The number of aromatic nitrogens is 2. The van der Waals surface area contributed by atoms with E-state index in [1.165, 1.54) is 5.56 Å². The van der Waals surface area contributed by atoms with E-state index in [1.54, 1.807) is 7.11 Å². The maximum atomic E-state index is 5.41. The van der Waals surface area contributed by atoms with E-state index >= 15 is 0 Å². The van der Waals surface area contributed by atoms with Crippen molar-refractivity contribution in [1.29, 1.82) is 0 Å². The first-order chi connectivity index (χ1) is 8.74. The lowest BCUT2D eigenvalue weighted by atomic mass is 10.1. The van der Waals surface area contributed by atoms with Crippen molar-refractivity contribution in [2.75, 3.05) is 14.2 Å². The van der Waals surface area contributed by atoms with Crippen LogP contribution in [0.2, 0.25) is 0 Å². The molecule has 0 unspecified atom stereocenters. The van der Waals surface area contributed by atoms with Gasteiger partial charge in [-0.05, 0) is 37.7 Å². The molecule has 0 atom stereocenters. The van der Waals surface area contributed by atoms with Gasteiger partial charge in [0.15, 0.2) is 0 Å². The molecule has 0 spiro atoms. The molecule has 0 fully saturated rings. The van der Waals surface area contributed by atoms with Crippen molar-refractivity contribution in [3.8, 4) is 5.75 Å². The van der Waals surface area contributed by atoms with E-state index in [1.807, 2.05) is 30.1 Å². The summed E-state index contributed by atoms with van der Waals surface area (Å²) < 4.78 is 7.38. The molecule has 0 radical (unpaired) electrons. The minimum atomic E-state index is 0.736. The standard InChI is InChI=1S/C14H19N3O/c1-11-6-7-16-17(11)10-13-8-12(9-15-2)4-5-14(13)18-3/h4-8,15H,9-10H2,1-3H3. The Morgan fingerprint density at radius 2 is 2.17 bits per heavy atom. The predicted molar refractivity (Wildman–Crippen MR) is 71.8 cm³/mol. The molecule has 0 saturated carbocycles. The van der Waals surface area contributed by atoms with Gasteiger partial charge in [-0.2, -0.15) is 5.10 Å². The molecule has 2 rings (SSSR count). The fourth-order valence-electron chi connectivity index (χ4n) is 2.00. The molecule has 0 aliphatic heterocycles. The number of hydrogen-bond acceptors (Lipinski definition) is 3. The fraction of sp³-hybridized carbons (Fsp3) is 0.357. The molecule has 1 N–H and O–H groups in total. The normalized spacial score (nSPS) is 10.6. The van der Waals surface area contributed by atoms with E-state index in [9.17, 15) is 0 Å². The van der Waals surface area contributed by atoms with Gasteiger partial charge in [0.25, 0.3) is 0 Å². The Labute approximate surface area is 108 Å². The van der Waals surface area contributed by atoms with Gasteiger partial charge in [-0.1, -0.05) is 6.07 Å². The number of benzene rings is 1. The molecular formula is C14H19N3O. The Bertz CT molecular complexity index is 520. The van der Waals surface area contributed by atoms with Crippen molar-refractivity contribution in [3.05, 3.63) is 47.3 Å². The Balaban J connectivity index is 2.29. The molecule has 2 aromatic rings. The first kappa shape index (κ1) is 12.6.